The van der Waals surface area contributed by atoms with Crippen molar-refractivity contribution in [1.29, 1.82) is 0 Å². The summed E-state index contributed by atoms with van der Waals surface area (Å²) in [6, 6.07) is 13.9. The van der Waals surface area contributed by atoms with Crippen molar-refractivity contribution in [3.8, 4) is 5.69 Å². The number of aromatic nitrogens is 2. The van der Waals surface area contributed by atoms with Crippen molar-refractivity contribution in [1.82, 2.24) is 14.5 Å². The summed E-state index contributed by atoms with van der Waals surface area (Å²) in [5.74, 6) is -0.518. The van der Waals surface area contributed by atoms with Crippen molar-refractivity contribution < 1.29 is 48.5 Å². The zero-order valence-corrected chi connectivity index (χ0v) is 24.5. The molecule has 1 aliphatic heterocycles. The monoisotopic (exact) mass is 665 g/mol. The quantitative estimate of drug-likeness (QED) is 0.175. The van der Waals surface area contributed by atoms with Crippen LogP contribution in [0.2, 0.25) is 0 Å². The summed E-state index contributed by atoms with van der Waals surface area (Å²) in [6.45, 7) is 4.17. The standard InChI is InChI=1S/C19H17IN3O3S.C7H8O3S/c1-3-26-19(25)17-16-9-22(2)18(24)14-8-12(20-13-6-7-27-10-13)4-5-15(14)23(16)11-21-17;1-6-2-4-7(5-3-6)11(8,9)10/h4-8,10-11H,3,9H2,1-2H3;2-5H,1H3,(H,8,9,10)/q+1;/p-1. The van der Waals surface area contributed by atoms with Gasteiger partial charge in [0.2, 0.25) is 3.57 Å². The third kappa shape index (κ3) is 6.31. The van der Waals surface area contributed by atoms with E-state index in [0.29, 0.717) is 17.8 Å². The fraction of sp³-hybridized carbons (Fsp3) is 0.192. The molecule has 12 heteroatoms. The van der Waals surface area contributed by atoms with Crippen LogP contribution in [0.15, 0.2) is 70.5 Å². The number of ether oxygens (including phenoxy) is 1. The second kappa shape index (κ2) is 11.8. The van der Waals surface area contributed by atoms with Gasteiger partial charge in [-0.1, -0.05) is 17.7 Å². The summed E-state index contributed by atoms with van der Waals surface area (Å²) < 4.78 is 40.6. The number of esters is 1. The number of hydrogen-bond acceptors (Lipinski definition) is 8. The summed E-state index contributed by atoms with van der Waals surface area (Å²) in [7, 11) is -2.53. The van der Waals surface area contributed by atoms with Gasteiger partial charge in [-0.15, -0.1) is 11.3 Å². The van der Waals surface area contributed by atoms with E-state index in [4.69, 9.17) is 4.74 Å². The van der Waals surface area contributed by atoms with E-state index in [-0.39, 0.29) is 44.3 Å². The van der Waals surface area contributed by atoms with Crippen LogP contribution in [0.4, 0.5) is 0 Å². The van der Waals surface area contributed by atoms with E-state index in [1.807, 2.05) is 23.6 Å². The van der Waals surface area contributed by atoms with Gasteiger partial charge in [-0.05, 0) is 43.5 Å². The number of aryl methyl sites for hydroxylation is 1. The van der Waals surface area contributed by atoms with Crippen LogP contribution < -0.4 is 21.2 Å². The first-order chi connectivity index (χ1) is 18.1. The SMILES string of the molecule is CCOC(=O)c1ncn2c1CN(C)C(=O)c1cc([I+]c3ccsc3)ccc1-2.Cc1ccc(S(=O)(=O)[O-])cc1. The Labute approximate surface area is 235 Å². The predicted octanol–water partition coefficient (Wildman–Crippen LogP) is 0.724. The van der Waals surface area contributed by atoms with Crippen LogP contribution in [0.25, 0.3) is 5.69 Å². The Kier molecular flexibility index (Phi) is 8.65. The van der Waals surface area contributed by atoms with Crippen molar-refractivity contribution in [3.63, 3.8) is 0 Å². The second-order valence-electron chi connectivity index (χ2n) is 8.26. The number of imidazole rings is 1. The molecule has 0 unspecified atom stereocenters. The van der Waals surface area contributed by atoms with Crippen LogP contribution in [-0.4, -0.2) is 53.0 Å². The van der Waals surface area contributed by atoms with E-state index in [9.17, 15) is 22.6 Å². The van der Waals surface area contributed by atoms with Crippen LogP contribution in [0.3, 0.4) is 0 Å². The minimum atomic E-state index is -4.27. The Morgan fingerprint density at radius 2 is 1.89 bits per heavy atom. The Hall–Kier alpha value is -3.07. The summed E-state index contributed by atoms with van der Waals surface area (Å²) >= 11 is 1.36. The molecule has 1 amide bonds. The van der Waals surface area contributed by atoms with Gasteiger partial charge >= 0.3 is 27.2 Å². The first-order valence-corrected chi connectivity index (χ1v) is 15.9. The van der Waals surface area contributed by atoms with Gasteiger partial charge in [0.1, 0.15) is 16.4 Å². The van der Waals surface area contributed by atoms with Crippen LogP contribution in [-0.2, 0) is 21.4 Å². The Balaban J connectivity index is 0.000000257. The number of fused-ring (bicyclic) bond motifs is 3. The second-order valence-corrected chi connectivity index (χ2v) is 13.4. The third-order valence-corrected chi connectivity index (χ3v) is 10.1. The van der Waals surface area contributed by atoms with Gasteiger partial charge in [-0.2, -0.15) is 0 Å². The molecule has 2 aromatic heterocycles. The highest BCUT2D eigenvalue weighted by Crippen LogP contribution is 2.25. The third-order valence-electron chi connectivity index (χ3n) is 5.53. The van der Waals surface area contributed by atoms with E-state index >= 15 is 0 Å². The molecular formula is C26H24IN3O6S2. The Bertz CT molecular complexity index is 1560. The largest absolute Gasteiger partial charge is 0.744 e. The molecular weight excluding hydrogens is 641 g/mol. The van der Waals surface area contributed by atoms with Crippen LogP contribution >= 0.6 is 11.3 Å². The number of hydrogen-bond donors (Lipinski definition) is 0. The maximum atomic E-state index is 13.0. The van der Waals surface area contributed by atoms with Gasteiger partial charge in [0.05, 0.1) is 35.0 Å². The smallest absolute Gasteiger partial charge is 0.358 e. The van der Waals surface area contributed by atoms with E-state index in [1.165, 1.54) is 19.3 Å². The molecule has 0 saturated heterocycles. The summed E-state index contributed by atoms with van der Waals surface area (Å²) in [5.41, 5.74) is 3.25. The minimum Gasteiger partial charge on any atom is -0.744 e. The molecule has 0 aliphatic carbocycles. The van der Waals surface area contributed by atoms with Gasteiger partial charge in [-0.25, -0.2) is 18.2 Å². The summed E-state index contributed by atoms with van der Waals surface area (Å²) in [4.78, 5) is 30.9. The number of thiophene rings is 1. The molecule has 0 saturated carbocycles. The molecule has 1 aliphatic rings. The molecule has 38 heavy (non-hydrogen) atoms. The Morgan fingerprint density at radius 1 is 1.16 bits per heavy atom. The highest BCUT2D eigenvalue weighted by molar-refractivity contribution is 7.85. The molecule has 0 fully saturated rings. The van der Waals surface area contributed by atoms with Crippen LogP contribution in [0.1, 0.15) is 39.0 Å². The van der Waals surface area contributed by atoms with E-state index in [2.05, 4.69) is 27.9 Å². The maximum absolute atomic E-state index is 13.0. The van der Waals surface area contributed by atoms with Gasteiger partial charge in [0, 0.05) is 24.6 Å². The lowest BCUT2D eigenvalue weighted by Gasteiger charge is -2.14. The molecule has 0 bridgehead atoms. The highest BCUT2D eigenvalue weighted by Gasteiger charge is 2.30. The number of rotatable bonds is 5. The van der Waals surface area contributed by atoms with Crippen molar-refractivity contribution in [3.05, 3.63) is 95.3 Å². The molecule has 2 aromatic carbocycles. The number of amides is 1. The molecule has 0 N–H and O–H groups in total. The average molecular weight is 666 g/mol. The number of halogens is 1. The molecule has 5 rings (SSSR count). The summed E-state index contributed by atoms with van der Waals surface area (Å²) in [5, 5.41) is 4.23. The lowest BCUT2D eigenvalue weighted by molar-refractivity contribution is -0.597. The van der Waals surface area contributed by atoms with E-state index in [0.717, 1.165) is 11.3 Å². The highest BCUT2D eigenvalue weighted by atomic mass is 127. The molecule has 0 spiro atoms. The zero-order valence-electron chi connectivity index (χ0n) is 20.8. The molecule has 0 atom stereocenters. The fourth-order valence-corrected chi connectivity index (χ4v) is 7.68. The molecule has 9 nitrogen and oxygen atoms in total. The summed E-state index contributed by atoms with van der Waals surface area (Å²) in [6.07, 6.45) is 1.60. The van der Waals surface area contributed by atoms with Gasteiger partial charge in [-0.3, -0.25) is 9.36 Å². The first kappa shape index (κ1) is 28.0. The van der Waals surface area contributed by atoms with Gasteiger partial charge in [0.25, 0.3) is 5.91 Å². The Morgan fingerprint density at radius 3 is 2.53 bits per heavy atom. The first-order valence-electron chi connectivity index (χ1n) is 11.4. The molecule has 0 radical (unpaired) electrons. The minimum absolute atomic E-state index is 0.0558. The number of carbonyl (C=O) groups is 2. The van der Waals surface area contributed by atoms with Crippen molar-refractivity contribution >= 4 is 33.3 Å². The lowest BCUT2D eigenvalue weighted by Crippen LogP contribution is -3.61. The van der Waals surface area contributed by atoms with Crippen molar-refractivity contribution in [2.24, 2.45) is 0 Å². The normalized spacial score (nSPS) is 12.6. The van der Waals surface area contributed by atoms with E-state index < -0.39 is 16.1 Å². The number of carbonyl (C=O) groups excluding carboxylic acids is 2. The topological polar surface area (TPSA) is 122 Å². The molecule has 4 aromatic rings. The van der Waals surface area contributed by atoms with Gasteiger partial charge < -0.3 is 14.2 Å². The zero-order chi connectivity index (χ0) is 27.4. The van der Waals surface area contributed by atoms with Crippen molar-refractivity contribution in [2.75, 3.05) is 13.7 Å². The van der Waals surface area contributed by atoms with Gasteiger partial charge in [0.15, 0.2) is 9.26 Å². The van der Waals surface area contributed by atoms with Crippen molar-refractivity contribution in [2.45, 2.75) is 25.3 Å². The molecule has 3 heterocycles. The van der Waals surface area contributed by atoms with E-state index in [1.54, 1.807) is 48.7 Å². The van der Waals surface area contributed by atoms with Crippen LogP contribution in [0.5, 0.6) is 0 Å². The lowest BCUT2D eigenvalue weighted by atomic mass is 10.1. The molecule has 198 valence electrons. The predicted molar refractivity (Wildman–Crippen MR) is 136 cm³/mol. The fourth-order valence-electron chi connectivity index (χ4n) is 3.69. The number of benzene rings is 2. The maximum Gasteiger partial charge on any atom is 0.358 e. The van der Waals surface area contributed by atoms with Crippen LogP contribution in [0, 0.1) is 14.1 Å². The average Bonchev–Trinajstić information content (AvgIpc) is 3.52. The number of nitrogens with zero attached hydrogens (tertiary/aromatic N) is 3.